The summed E-state index contributed by atoms with van der Waals surface area (Å²) in [5.74, 6) is -1.77. The lowest BCUT2D eigenvalue weighted by atomic mass is 10.2. The van der Waals surface area contributed by atoms with Crippen molar-refractivity contribution in [3.8, 4) is 0 Å². The lowest BCUT2D eigenvalue weighted by Gasteiger charge is -2.01. The van der Waals surface area contributed by atoms with E-state index in [1.54, 1.807) is 0 Å². The van der Waals surface area contributed by atoms with Gasteiger partial charge in [-0.1, -0.05) is 27.5 Å². The molecule has 0 aliphatic carbocycles. The minimum atomic E-state index is -1.21. The molecule has 0 bridgehead atoms. The summed E-state index contributed by atoms with van der Waals surface area (Å²) in [5, 5.41) is 8.27. The van der Waals surface area contributed by atoms with Gasteiger partial charge < -0.3 is 5.11 Å². The molecule has 0 radical (unpaired) electrons. The van der Waals surface area contributed by atoms with Gasteiger partial charge in [-0.3, -0.25) is 0 Å². The van der Waals surface area contributed by atoms with Crippen LogP contribution in [0.1, 0.15) is 5.56 Å². The number of benzene rings is 1. The van der Waals surface area contributed by atoms with Crippen LogP contribution in [0, 0.1) is 5.82 Å². The Hall–Kier alpha value is -0.870. The first-order chi connectivity index (χ1) is 6.50. The molecule has 1 N–H and O–H groups in total. The van der Waals surface area contributed by atoms with Gasteiger partial charge in [0.25, 0.3) is 0 Å². The van der Waals surface area contributed by atoms with Crippen LogP contribution >= 0.6 is 27.5 Å². The molecule has 0 spiro atoms. The van der Waals surface area contributed by atoms with Crippen LogP contribution < -0.4 is 0 Å². The Morgan fingerprint density at radius 2 is 2.21 bits per heavy atom. The number of carbonyl (C=O) groups is 1. The van der Waals surface area contributed by atoms with E-state index in [2.05, 4.69) is 15.9 Å². The molecule has 0 unspecified atom stereocenters. The number of rotatable bonds is 2. The third-order valence-electron chi connectivity index (χ3n) is 1.44. The normalized spacial score (nSPS) is 11.5. The van der Waals surface area contributed by atoms with E-state index in [-0.39, 0.29) is 10.6 Å². The van der Waals surface area contributed by atoms with Crippen LogP contribution in [-0.4, -0.2) is 11.1 Å². The van der Waals surface area contributed by atoms with Crippen molar-refractivity contribution in [3.63, 3.8) is 0 Å². The van der Waals surface area contributed by atoms with E-state index in [1.807, 2.05) is 0 Å². The Morgan fingerprint density at radius 3 is 2.79 bits per heavy atom. The fourth-order valence-corrected chi connectivity index (χ4v) is 1.47. The zero-order chi connectivity index (χ0) is 10.7. The van der Waals surface area contributed by atoms with Gasteiger partial charge in [0.05, 0.1) is 5.03 Å². The molecule has 0 aliphatic heterocycles. The maximum Gasteiger partial charge on any atom is 0.329 e. The maximum absolute atomic E-state index is 13.1. The molecule has 0 saturated heterocycles. The summed E-state index contributed by atoms with van der Waals surface area (Å²) in [6, 6.07) is 4.12. The monoisotopic (exact) mass is 278 g/mol. The number of hydrogen-bond donors (Lipinski definition) is 1. The Balaban J connectivity index is 3.18. The minimum Gasteiger partial charge on any atom is -0.478 e. The summed E-state index contributed by atoms with van der Waals surface area (Å²) in [5.41, 5.74) is 0.0587. The van der Waals surface area contributed by atoms with Gasteiger partial charge in [-0.2, -0.15) is 0 Å². The second-order valence-electron chi connectivity index (χ2n) is 2.45. The maximum atomic E-state index is 13.1. The van der Waals surface area contributed by atoms with Gasteiger partial charge in [-0.05, 0) is 18.2 Å². The lowest BCUT2D eigenvalue weighted by molar-refractivity contribution is -0.131. The van der Waals surface area contributed by atoms with E-state index in [9.17, 15) is 9.18 Å². The number of hydrogen-bond acceptors (Lipinski definition) is 1. The second-order valence-corrected chi connectivity index (χ2v) is 3.78. The predicted molar refractivity (Wildman–Crippen MR) is 55.6 cm³/mol. The fraction of sp³-hybridized carbons (Fsp3) is 0. The van der Waals surface area contributed by atoms with E-state index in [1.165, 1.54) is 18.2 Å². The Kier molecular flexibility index (Phi) is 3.66. The quantitative estimate of drug-likeness (QED) is 0.844. The highest BCUT2D eigenvalue weighted by Crippen LogP contribution is 2.25. The molecular formula is C9H5BrClFO2. The summed E-state index contributed by atoms with van der Waals surface area (Å²) in [4.78, 5) is 10.3. The molecule has 0 aliphatic rings. The minimum absolute atomic E-state index is 0.0587. The summed E-state index contributed by atoms with van der Waals surface area (Å²) < 4.78 is 13.8. The molecule has 74 valence electrons. The topological polar surface area (TPSA) is 37.3 Å². The second kappa shape index (κ2) is 4.57. The fourth-order valence-electron chi connectivity index (χ4n) is 0.867. The van der Waals surface area contributed by atoms with Gasteiger partial charge in [0.15, 0.2) is 0 Å². The van der Waals surface area contributed by atoms with E-state index >= 15 is 0 Å². The van der Waals surface area contributed by atoms with Gasteiger partial charge >= 0.3 is 5.97 Å². The van der Waals surface area contributed by atoms with E-state index in [0.717, 1.165) is 6.08 Å². The molecule has 0 saturated carbocycles. The van der Waals surface area contributed by atoms with Crippen molar-refractivity contribution < 1.29 is 14.3 Å². The average Bonchev–Trinajstić information content (AvgIpc) is 2.08. The molecule has 0 amide bonds. The van der Waals surface area contributed by atoms with Crippen LogP contribution in [0.5, 0.6) is 0 Å². The third kappa shape index (κ3) is 2.82. The highest BCUT2D eigenvalue weighted by Gasteiger charge is 2.07. The molecule has 2 nitrogen and oxygen atoms in total. The molecule has 0 atom stereocenters. The summed E-state index contributed by atoms with van der Waals surface area (Å²) in [6.45, 7) is 0. The Morgan fingerprint density at radius 1 is 1.57 bits per heavy atom. The molecule has 0 aromatic heterocycles. The molecule has 5 heteroatoms. The zero-order valence-electron chi connectivity index (χ0n) is 6.80. The number of carboxylic acid groups (broad SMARTS) is 1. The van der Waals surface area contributed by atoms with Crippen LogP contribution in [0.2, 0.25) is 0 Å². The van der Waals surface area contributed by atoms with Crippen molar-refractivity contribution in [3.05, 3.63) is 40.1 Å². The number of halogens is 3. The van der Waals surface area contributed by atoms with Gasteiger partial charge in [0, 0.05) is 16.1 Å². The van der Waals surface area contributed by atoms with Crippen molar-refractivity contribution in [1.29, 1.82) is 0 Å². The lowest BCUT2D eigenvalue weighted by Crippen LogP contribution is -1.91. The van der Waals surface area contributed by atoms with Crippen LogP contribution in [0.3, 0.4) is 0 Å². The van der Waals surface area contributed by atoms with Gasteiger partial charge in [0.1, 0.15) is 5.82 Å². The summed E-state index contributed by atoms with van der Waals surface area (Å²) in [7, 11) is 0. The SMILES string of the molecule is O=C(O)/C=C(/Cl)c1cc(Br)ccc1F. The smallest absolute Gasteiger partial charge is 0.329 e. The van der Waals surface area contributed by atoms with Gasteiger partial charge in [-0.15, -0.1) is 0 Å². The highest BCUT2D eigenvalue weighted by atomic mass is 79.9. The first-order valence-electron chi connectivity index (χ1n) is 3.56. The average molecular weight is 279 g/mol. The summed E-state index contributed by atoms with van der Waals surface area (Å²) >= 11 is 8.73. The van der Waals surface area contributed by atoms with Crippen molar-refractivity contribution in [2.24, 2.45) is 0 Å². The molecular weight excluding hydrogens is 274 g/mol. The Labute approximate surface area is 93.1 Å². The van der Waals surface area contributed by atoms with Crippen molar-refractivity contribution in [2.45, 2.75) is 0 Å². The molecule has 14 heavy (non-hydrogen) atoms. The van der Waals surface area contributed by atoms with Crippen molar-refractivity contribution in [1.82, 2.24) is 0 Å². The largest absolute Gasteiger partial charge is 0.478 e. The first kappa shape index (κ1) is 11.2. The van der Waals surface area contributed by atoms with E-state index in [0.29, 0.717) is 4.47 Å². The molecule has 1 aromatic carbocycles. The zero-order valence-corrected chi connectivity index (χ0v) is 9.14. The standard InChI is InChI=1S/C9H5BrClFO2/c10-5-1-2-8(12)6(3-5)7(11)4-9(13)14/h1-4H,(H,13,14)/b7-4+. The van der Waals surface area contributed by atoms with Crippen LogP contribution in [-0.2, 0) is 4.79 Å². The Bertz CT molecular complexity index is 404. The molecule has 0 heterocycles. The van der Waals surface area contributed by atoms with Gasteiger partial charge in [0.2, 0.25) is 0 Å². The summed E-state index contributed by atoms with van der Waals surface area (Å²) in [6.07, 6.45) is 0.742. The van der Waals surface area contributed by atoms with Crippen molar-refractivity contribution in [2.75, 3.05) is 0 Å². The van der Waals surface area contributed by atoms with Crippen LogP contribution in [0.25, 0.3) is 5.03 Å². The first-order valence-corrected chi connectivity index (χ1v) is 4.73. The predicted octanol–water partition coefficient (Wildman–Crippen LogP) is 3.25. The van der Waals surface area contributed by atoms with E-state index in [4.69, 9.17) is 16.7 Å². The third-order valence-corrected chi connectivity index (χ3v) is 2.24. The van der Waals surface area contributed by atoms with Gasteiger partial charge in [-0.25, -0.2) is 9.18 Å². The van der Waals surface area contributed by atoms with E-state index < -0.39 is 11.8 Å². The molecule has 0 fully saturated rings. The molecule has 1 rings (SSSR count). The highest BCUT2D eigenvalue weighted by molar-refractivity contribution is 9.10. The van der Waals surface area contributed by atoms with Crippen LogP contribution in [0.4, 0.5) is 4.39 Å². The number of carboxylic acids is 1. The van der Waals surface area contributed by atoms with Crippen LogP contribution in [0.15, 0.2) is 28.7 Å². The molecule has 1 aromatic rings. The van der Waals surface area contributed by atoms with Crippen molar-refractivity contribution >= 4 is 38.5 Å². The number of aliphatic carboxylic acids is 1.